The van der Waals surface area contributed by atoms with Gasteiger partial charge in [0.15, 0.2) is 0 Å². The van der Waals surface area contributed by atoms with Gasteiger partial charge in [-0.05, 0) is 23.5 Å². The number of carboxylic acid groups (broad SMARTS) is 1. The molecule has 0 fully saturated rings. The average molecular weight is 251 g/mol. The Bertz CT molecular complexity index is 441. The minimum absolute atomic E-state index is 0.0106. The number of hydrogen-bond acceptors (Lipinski definition) is 3. The molecule has 1 rings (SSSR count). The quantitative estimate of drug-likeness (QED) is 0.749. The van der Waals surface area contributed by atoms with Crippen LogP contribution in [0.25, 0.3) is 0 Å². The van der Waals surface area contributed by atoms with E-state index in [0.717, 1.165) is 12.0 Å². The Balaban J connectivity index is 3.28. The molecule has 100 valence electrons. The largest absolute Gasteiger partial charge is 0.508 e. The Labute approximate surface area is 107 Å². The van der Waals surface area contributed by atoms with Crippen LogP contribution >= 0.6 is 0 Å². The molecule has 4 heteroatoms. The van der Waals surface area contributed by atoms with E-state index in [0.29, 0.717) is 5.56 Å². The zero-order valence-electron chi connectivity index (χ0n) is 11.1. The summed E-state index contributed by atoms with van der Waals surface area (Å²) in [4.78, 5) is 11.1. The molecular formula is C14H21NO3. The highest BCUT2D eigenvalue weighted by Crippen LogP contribution is 2.33. The first-order chi connectivity index (χ1) is 8.33. The number of carboxylic acids is 1. The normalized spacial score (nSPS) is 13.3. The first kappa shape index (κ1) is 14.5. The molecule has 1 unspecified atom stereocenters. The van der Waals surface area contributed by atoms with Crippen molar-refractivity contribution >= 4 is 5.97 Å². The lowest BCUT2D eigenvalue weighted by Crippen LogP contribution is -2.22. The number of carbonyl (C=O) groups is 1. The average Bonchev–Trinajstić information content (AvgIpc) is 2.31. The van der Waals surface area contributed by atoms with Crippen LogP contribution in [0.3, 0.4) is 0 Å². The third-order valence-corrected chi connectivity index (χ3v) is 3.60. The van der Waals surface area contributed by atoms with E-state index in [-0.39, 0.29) is 17.7 Å². The Morgan fingerprint density at radius 1 is 1.44 bits per heavy atom. The van der Waals surface area contributed by atoms with Crippen molar-refractivity contribution in [2.24, 2.45) is 5.73 Å². The van der Waals surface area contributed by atoms with Crippen LogP contribution in [0.5, 0.6) is 5.75 Å². The standard InChI is InChI=1S/C14H21NO3/c1-4-14(2,3)9-5-6-12(16)10(7-9)11(8-15)13(17)18/h5-7,11,16H,4,8,15H2,1-3H3,(H,17,18). The fourth-order valence-corrected chi connectivity index (χ4v) is 1.82. The van der Waals surface area contributed by atoms with Gasteiger partial charge in [0.1, 0.15) is 5.75 Å². The predicted molar refractivity (Wildman–Crippen MR) is 70.9 cm³/mol. The van der Waals surface area contributed by atoms with E-state index in [4.69, 9.17) is 10.8 Å². The molecule has 0 radical (unpaired) electrons. The molecular weight excluding hydrogens is 230 g/mol. The second-order valence-corrected chi connectivity index (χ2v) is 5.14. The van der Waals surface area contributed by atoms with Gasteiger partial charge in [-0.1, -0.05) is 32.9 Å². The number of rotatable bonds is 5. The summed E-state index contributed by atoms with van der Waals surface area (Å²) < 4.78 is 0. The maximum atomic E-state index is 11.1. The minimum atomic E-state index is -1.01. The van der Waals surface area contributed by atoms with Crippen LogP contribution in [0.1, 0.15) is 44.2 Å². The molecule has 0 aliphatic rings. The van der Waals surface area contributed by atoms with Crippen LogP contribution < -0.4 is 5.73 Å². The van der Waals surface area contributed by atoms with E-state index in [1.807, 2.05) is 6.07 Å². The summed E-state index contributed by atoms with van der Waals surface area (Å²) >= 11 is 0. The van der Waals surface area contributed by atoms with E-state index in [2.05, 4.69) is 20.8 Å². The number of aromatic hydroxyl groups is 1. The molecule has 0 amide bonds. The van der Waals surface area contributed by atoms with Gasteiger partial charge >= 0.3 is 5.97 Å². The molecule has 0 aliphatic carbocycles. The third-order valence-electron chi connectivity index (χ3n) is 3.60. The summed E-state index contributed by atoms with van der Waals surface area (Å²) in [6.07, 6.45) is 0.928. The van der Waals surface area contributed by atoms with E-state index in [9.17, 15) is 9.90 Å². The first-order valence-electron chi connectivity index (χ1n) is 6.09. The van der Waals surface area contributed by atoms with Crippen molar-refractivity contribution < 1.29 is 15.0 Å². The maximum absolute atomic E-state index is 11.1. The Hall–Kier alpha value is -1.55. The van der Waals surface area contributed by atoms with Gasteiger partial charge in [-0.3, -0.25) is 4.79 Å². The van der Waals surface area contributed by atoms with Gasteiger partial charge in [-0.15, -0.1) is 0 Å². The van der Waals surface area contributed by atoms with Crippen LogP contribution in [0.15, 0.2) is 18.2 Å². The summed E-state index contributed by atoms with van der Waals surface area (Å²) in [6.45, 7) is 6.21. The smallest absolute Gasteiger partial charge is 0.312 e. The van der Waals surface area contributed by atoms with E-state index >= 15 is 0 Å². The van der Waals surface area contributed by atoms with Crippen LogP contribution in [0, 0.1) is 0 Å². The molecule has 1 aromatic carbocycles. The lowest BCUT2D eigenvalue weighted by atomic mass is 9.80. The highest BCUT2D eigenvalue weighted by Gasteiger charge is 2.25. The van der Waals surface area contributed by atoms with Gasteiger partial charge < -0.3 is 15.9 Å². The number of phenols is 1. The highest BCUT2D eigenvalue weighted by molar-refractivity contribution is 5.77. The molecule has 4 nitrogen and oxygen atoms in total. The third kappa shape index (κ3) is 2.82. The van der Waals surface area contributed by atoms with E-state index < -0.39 is 11.9 Å². The Morgan fingerprint density at radius 3 is 2.50 bits per heavy atom. The second kappa shape index (κ2) is 5.40. The molecule has 0 bridgehead atoms. The van der Waals surface area contributed by atoms with Gasteiger partial charge in [0.2, 0.25) is 0 Å². The summed E-state index contributed by atoms with van der Waals surface area (Å²) in [5, 5.41) is 18.9. The van der Waals surface area contributed by atoms with E-state index in [1.54, 1.807) is 12.1 Å². The predicted octanol–water partition coefficient (Wildman–Crippen LogP) is 2.21. The van der Waals surface area contributed by atoms with Gasteiger partial charge in [0.25, 0.3) is 0 Å². The zero-order chi connectivity index (χ0) is 13.9. The molecule has 0 saturated heterocycles. The van der Waals surface area contributed by atoms with Gasteiger partial charge in [0.05, 0.1) is 5.92 Å². The SMILES string of the molecule is CCC(C)(C)c1ccc(O)c(C(CN)C(=O)O)c1. The molecule has 18 heavy (non-hydrogen) atoms. The lowest BCUT2D eigenvalue weighted by Gasteiger charge is -2.25. The van der Waals surface area contributed by atoms with Gasteiger partial charge in [0, 0.05) is 12.1 Å². The fourth-order valence-electron chi connectivity index (χ4n) is 1.82. The highest BCUT2D eigenvalue weighted by atomic mass is 16.4. The molecule has 1 aromatic rings. The Kier molecular flexibility index (Phi) is 4.35. The maximum Gasteiger partial charge on any atom is 0.312 e. The molecule has 0 spiro atoms. The molecule has 0 aliphatic heterocycles. The first-order valence-corrected chi connectivity index (χ1v) is 6.09. The van der Waals surface area contributed by atoms with E-state index in [1.165, 1.54) is 0 Å². The fraction of sp³-hybridized carbons (Fsp3) is 0.500. The summed E-state index contributed by atoms with van der Waals surface area (Å²) in [6, 6.07) is 5.13. The van der Waals surface area contributed by atoms with Crippen molar-refractivity contribution in [2.75, 3.05) is 6.54 Å². The van der Waals surface area contributed by atoms with Crippen molar-refractivity contribution in [3.63, 3.8) is 0 Å². The summed E-state index contributed by atoms with van der Waals surface area (Å²) in [5.41, 5.74) is 6.82. The monoisotopic (exact) mass is 251 g/mol. The molecule has 4 N–H and O–H groups in total. The van der Waals surface area contributed by atoms with Crippen LogP contribution in [-0.2, 0) is 10.2 Å². The van der Waals surface area contributed by atoms with Crippen LogP contribution in [0.4, 0.5) is 0 Å². The number of hydrogen-bond donors (Lipinski definition) is 3. The minimum Gasteiger partial charge on any atom is -0.508 e. The Morgan fingerprint density at radius 2 is 2.06 bits per heavy atom. The van der Waals surface area contributed by atoms with Crippen molar-refractivity contribution in [2.45, 2.75) is 38.5 Å². The van der Waals surface area contributed by atoms with Gasteiger partial charge in [-0.25, -0.2) is 0 Å². The number of nitrogens with two attached hydrogens (primary N) is 1. The van der Waals surface area contributed by atoms with Crippen LogP contribution in [-0.4, -0.2) is 22.7 Å². The number of aliphatic carboxylic acids is 1. The van der Waals surface area contributed by atoms with Crippen molar-refractivity contribution in [3.05, 3.63) is 29.3 Å². The zero-order valence-corrected chi connectivity index (χ0v) is 11.1. The molecule has 0 aromatic heterocycles. The molecule has 1 atom stereocenters. The topological polar surface area (TPSA) is 83.5 Å². The van der Waals surface area contributed by atoms with Gasteiger partial charge in [-0.2, -0.15) is 0 Å². The molecule has 0 heterocycles. The summed E-state index contributed by atoms with van der Waals surface area (Å²) in [7, 11) is 0. The van der Waals surface area contributed by atoms with Crippen molar-refractivity contribution in [1.82, 2.24) is 0 Å². The lowest BCUT2D eigenvalue weighted by molar-refractivity contribution is -0.138. The van der Waals surface area contributed by atoms with Crippen molar-refractivity contribution in [1.29, 1.82) is 0 Å². The molecule has 0 saturated carbocycles. The number of benzene rings is 1. The number of phenolic OH excluding ortho intramolecular Hbond substituents is 1. The second-order valence-electron chi connectivity index (χ2n) is 5.14. The van der Waals surface area contributed by atoms with Crippen molar-refractivity contribution in [3.8, 4) is 5.75 Å². The summed E-state index contributed by atoms with van der Waals surface area (Å²) in [5.74, 6) is -1.89. The van der Waals surface area contributed by atoms with Crippen LogP contribution in [0.2, 0.25) is 0 Å².